The van der Waals surface area contributed by atoms with Gasteiger partial charge < -0.3 is 10.5 Å². The summed E-state index contributed by atoms with van der Waals surface area (Å²) < 4.78 is 5.19. The summed E-state index contributed by atoms with van der Waals surface area (Å²) in [6.07, 6.45) is 0.774. The highest BCUT2D eigenvalue weighted by Crippen LogP contribution is 2.35. The monoisotopic (exact) mass is 411 g/mol. The molecule has 0 spiro atoms. The van der Waals surface area contributed by atoms with Crippen LogP contribution in [0.25, 0.3) is 21.5 Å². The lowest BCUT2D eigenvalue weighted by molar-refractivity contribution is 0.103. The first-order chi connectivity index (χ1) is 13.6. The summed E-state index contributed by atoms with van der Waals surface area (Å²) in [5.41, 5.74) is 8.40. The number of pyridine rings is 1. The van der Waals surface area contributed by atoms with E-state index in [-0.39, 0.29) is 5.91 Å². The summed E-state index contributed by atoms with van der Waals surface area (Å²) >= 11 is 2.62. The Hall–Kier alpha value is -3.04. The Labute approximate surface area is 169 Å². The van der Waals surface area contributed by atoms with E-state index in [1.54, 1.807) is 7.11 Å². The molecule has 4 aromatic rings. The molecule has 28 heavy (non-hydrogen) atoms. The molecule has 7 nitrogen and oxygen atoms in total. The number of nitrogens with one attached hydrogen (secondary N) is 1. The summed E-state index contributed by atoms with van der Waals surface area (Å²) in [4.78, 5) is 18.5. The van der Waals surface area contributed by atoms with Crippen LogP contribution in [0.1, 0.15) is 21.6 Å². The minimum atomic E-state index is -0.301. The van der Waals surface area contributed by atoms with Gasteiger partial charge in [0.2, 0.25) is 5.13 Å². The van der Waals surface area contributed by atoms with Crippen molar-refractivity contribution in [3.63, 3.8) is 0 Å². The number of anilines is 2. The van der Waals surface area contributed by atoms with Gasteiger partial charge in [-0.1, -0.05) is 18.3 Å². The third kappa shape index (κ3) is 3.41. The molecule has 4 rings (SSSR count). The highest BCUT2D eigenvalue weighted by molar-refractivity contribution is 7.21. The van der Waals surface area contributed by atoms with E-state index in [1.165, 1.54) is 22.7 Å². The summed E-state index contributed by atoms with van der Waals surface area (Å²) in [6.45, 7) is 1.99. The van der Waals surface area contributed by atoms with Crippen molar-refractivity contribution in [2.45, 2.75) is 13.3 Å². The molecule has 0 unspecified atom stereocenters. The van der Waals surface area contributed by atoms with Gasteiger partial charge in [-0.25, -0.2) is 4.98 Å². The van der Waals surface area contributed by atoms with E-state index in [0.717, 1.165) is 33.8 Å². The van der Waals surface area contributed by atoms with Gasteiger partial charge in [-0.05, 0) is 42.8 Å². The first kappa shape index (κ1) is 18.3. The molecule has 0 aliphatic heterocycles. The first-order valence-electron chi connectivity index (χ1n) is 8.56. The number of carbonyl (C=O) groups excluding carboxylic acids is 1. The summed E-state index contributed by atoms with van der Waals surface area (Å²) in [6, 6.07) is 11.4. The van der Waals surface area contributed by atoms with Crippen molar-refractivity contribution in [2.75, 3.05) is 18.2 Å². The van der Waals surface area contributed by atoms with E-state index in [0.29, 0.717) is 20.5 Å². The number of amides is 1. The molecule has 9 heteroatoms. The van der Waals surface area contributed by atoms with Gasteiger partial charge in [0.1, 0.15) is 20.5 Å². The fourth-order valence-electron chi connectivity index (χ4n) is 2.69. The van der Waals surface area contributed by atoms with Crippen molar-refractivity contribution in [1.82, 2.24) is 15.2 Å². The van der Waals surface area contributed by atoms with Gasteiger partial charge in [0.15, 0.2) is 0 Å². The molecule has 1 amide bonds. The lowest BCUT2D eigenvalue weighted by Gasteiger charge is -2.03. The Kier molecular flexibility index (Phi) is 4.93. The number of thiophene rings is 1. The number of hydrogen-bond acceptors (Lipinski definition) is 8. The van der Waals surface area contributed by atoms with Gasteiger partial charge in [-0.2, -0.15) is 0 Å². The molecule has 3 N–H and O–H groups in total. The van der Waals surface area contributed by atoms with Crippen LogP contribution in [-0.2, 0) is 6.42 Å². The first-order valence-corrected chi connectivity index (χ1v) is 10.2. The summed E-state index contributed by atoms with van der Waals surface area (Å²) in [5.74, 6) is 0.484. The maximum atomic E-state index is 12.6. The van der Waals surface area contributed by atoms with E-state index >= 15 is 0 Å². The summed E-state index contributed by atoms with van der Waals surface area (Å²) in [5, 5.41) is 12.8. The predicted molar refractivity (Wildman–Crippen MR) is 113 cm³/mol. The second-order valence-corrected chi connectivity index (χ2v) is 7.99. The Morgan fingerprint density at radius 2 is 1.93 bits per heavy atom. The lowest BCUT2D eigenvalue weighted by atomic mass is 10.1. The molecule has 3 heterocycles. The van der Waals surface area contributed by atoms with Crippen LogP contribution in [0.3, 0.4) is 0 Å². The number of aromatic nitrogens is 3. The largest absolute Gasteiger partial charge is 0.497 e. The number of ether oxygens (including phenoxy) is 1. The Balaban J connectivity index is 1.64. The quantitative estimate of drug-likeness (QED) is 0.510. The zero-order valence-electron chi connectivity index (χ0n) is 15.2. The number of nitrogens with zero attached hydrogens (tertiary/aromatic N) is 3. The number of carbonyl (C=O) groups is 1. The number of fused-ring (bicyclic) bond motifs is 1. The highest BCUT2D eigenvalue weighted by Gasteiger charge is 2.19. The molecule has 0 saturated carbocycles. The average molecular weight is 412 g/mol. The van der Waals surface area contributed by atoms with E-state index in [2.05, 4.69) is 20.5 Å². The molecule has 0 fully saturated rings. The van der Waals surface area contributed by atoms with Crippen LogP contribution in [-0.4, -0.2) is 28.2 Å². The van der Waals surface area contributed by atoms with Crippen LogP contribution in [0, 0.1) is 0 Å². The zero-order valence-corrected chi connectivity index (χ0v) is 16.9. The minimum Gasteiger partial charge on any atom is -0.497 e. The molecule has 0 radical (unpaired) electrons. The third-order valence-corrected chi connectivity index (χ3v) is 6.27. The molecule has 0 saturated heterocycles. The number of nitrogens with two attached hydrogens (primary N) is 1. The summed E-state index contributed by atoms with van der Waals surface area (Å²) in [7, 11) is 1.63. The van der Waals surface area contributed by atoms with Gasteiger partial charge in [-0.3, -0.25) is 10.1 Å². The maximum Gasteiger partial charge on any atom is 0.269 e. The normalized spacial score (nSPS) is 10.9. The average Bonchev–Trinajstić information content (AvgIpc) is 3.32. The Morgan fingerprint density at radius 1 is 1.14 bits per heavy atom. The van der Waals surface area contributed by atoms with Crippen LogP contribution in [0.5, 0.6) is 5.75 Å². The molecule has 0 aliphatic carbocycles. The maximum absolute atomic E-state index is 12.6. The molecule has 1 aromatic carbocycles. The molecular weight excluding hydrogens is 394 g/mol. The van der Waals surface area contributed by atoms with Crippen LogP contribution in [0.2, 0.25) is 0 Å². The van der Waals surface area contributed by atoms with Crippen LogP contribution in [0.15, 0.2) is 36.4 Å². The fraction of sp³-hybridized carbons (Fsp3) is 0.158. The van der Waals surface area contributed by atoms with Crippen molar-refractivity contribution in [2.24, 2.45) is 0 Å². The van der Waals surface area contributed by atoms with Crippen molar-refractivity contribution >= 4 is 49.6 Å². The molecule has 142 valence electrons. The van der Waals surface area contributed by atoms with Gasteiger partial charge >= 0.3 is 0 Å². The van der Waals surface area contributed by atoms with Gasteiger partial charge in [0, 0.05) is 10.9 Å². The van der Waals surface area contributed by atoms with Crippen molar-refractivity contribution in [3.8, 4) is 17.0 Å². The molecule has 0 bridgehead atoms. The van der Waals surface area contributed by atoms with Gasteiger partial charge in [0.05, 0.1) is 18.5 Å². The predicted octanol–water partition coefficient (Wildman–Crippen LogP) is 4.22. The van der Waals surface area contributed by atoms with Crippen molar-refractivity contribution in [1.29, 1.82) is 0 Å². The smallest absolute Gasteiger partial charge is 0.269 e. The standard InChI is InChI=1S/C19H17N5O2S2/c1-3-14-23-24-19(27-14)22-17(25)16-15(20)12-8-9-13(21-18(12)28-16)10-4-6-11(26-2)7-5-10/h4-9H,3,20H2,1-2H3,(H,22,24,25). The lowest BCUT2D eigenvalue weighted by Crippen LogP contribution is -2.11. The van der Waals surface area contributed by atoms with Gasteiger partial charge in [-0.15, -0.1) is 21.5 Å². The number of methoxy groups -OCH3 is 1. The van der Waals surface area contributed by atoms with Crippen LogP contribution < -0.4 is 15.8 Å². The van der Waals surface area contributed by atoms with Gasteiger partial charge in [0.25, 0.3) is 5.91 Å². The van der Waals surface area contributed by atoms with E-state index in [4.69, 9.17) is 10.5 Å². The van der Waals surface area contributed by atoms with E-state index < -0.39 is 0 Å². The Bertz CT molecular complexity index is 1150. The molecule has 3 aromatic heterocycles. The molecule has 0 atom stereocenters. The third-order valence-electron chi connectivity index (χ3n) is 4.18. The molecule has 0 aliphatic rings. The van der Waals surface area contributed by atoms with E-state index in [1.807, 2.05) is 43.3 Å². The SMILES string of the molecule is CCc1nnc(NC(=O)c2sc3nc(-c4ccc(OC)cc4)ccc3c2N)s1. The minimum absolute atomic E-state index is 0.301. The number of hydrogen-bond donors (Lipinski definition) is 2. The second kappa shape index (κ2) is 7.53. The second-order valence-electron chi connectivity index (χ2n) is 5.93. The highest BCUT2D eigenvalue weighted by atomic mass is 32.1. The fourth-order valence-corrected chi connectivity index (χ4v) is 4.35. The Morgan fingerprint density at radius 3 is 2.61 bits per heavy atom. The van der Waals surface area contributed by atoms with Crippen molar-refractivity contribution in [3.05, 3.63) is 46.3 Å². The zero-order chi connectivity index (χ0) is 19.7. The van der Waals surface area contributed by atoms with E-state index in [9.17, 15) is 4.79 Å². The van der Waals surface area contributed by atoms with Crippen LogP contribution in [0.4, 0.5) is 10.8 Å². The number of nitrogen functional groups attached to an aromatic ring is 1. The molecular formula is C19H17N5O2S2. The number of rotatable bonds is 5. The van der Waals surface area contributed by atoms with Crippen molar-refractivity contribution < 1.29 is 9.53 Å². The van der Waals surface area contributed by atoms with Crippen LogP contribution >= 0.6 is 22.7 Å². The number of aryl methyl sites for hydroxylation is 1. The topological polar surface area (TPSA) is 103 Å². The number of benzene rings is 1.